The third kappa shape index (κ3) is 1.77. The number of thiazole rings is 1. The summed E-state index contributed by atoms with van der Waals surface area (Å²) in [4.78, 5) is 4.55. The first-order valence-electron chi connectivity index (χ1n) is 4.99. The van der Waals surface area contributed by atoms with Gasteiger partial charge in [-0.05, 0) is 23.6 Å². The van der Waals surface area contributed by atoms with Crippen molar-refractivity contribution >= 4 is 32.4 Å². The fourth-order valence-corrected chi connectivity index (χ4v) is 2.53. The van der Waals surface area contributed by atoms with Gasteiger partial charge in [-0.25, -0.2) is 4.98 Å². The van der Waals surface area contributed by atoms with Gasteiger partial charge in [-0.1, -0.05) is 25.2 Å². The van der Waals surface area contributed by atoms with E-state index < -0.39 is 0 Å². The van der Waals surface area contributed by atoms with Crippen LogP contribution in [0.3, 0.4) is 0 Å². The van der Waals surface area contributed by atoms with E-state index in [4.69, 9.17) is 5.73 Å². The van der Waals surface area contributed by atoms with E-state index in [9.17, 15) is 0 Å². The van der Waals surface area contributed by atoms with E-state index in [2.05, 4.69) is 24.1 Å². The van der Waals surface area contributed by atoms with Crippen LogP contribution >= 0.6 is 11.3 Å². The molecule has 0 fully saturated rings. The number of anilines is 2. The molecule has 0 aliphatic carbocycles. The Bertz CT molecular complexity index is 488. The average Bonchev–Trinajstić information content (AvgIpc) is 2.58. The fraction of sp³-hybridized carbons (Fsp3) is 0.364. The Kier molecular flexibility index (Phi) is 2.52. The predicted molar refractivity (Wildman–Crippen MR) is 67.7 cm³/mol. The van der Waals surface area contributed by atoms with E-state index in [-0.39, 0.29) is 0 Å². The molecule has 3 N–H and O–H groups in total. The van der Waals surface area contributed by atoms with Crippen molar-refractivity contribution < 1.29 is 0 Å². The van der Waals surface area contributed by atoms with Crippen molar-refractivity contribution in [3.8, 4) is 0 Å². The second-order valence-electron chi connectivity index (χ2n) is 3.88. The zero-order chi connectivity index (χ0) is 11.0. The van der Waals surface area contributed by atoms with Crippen LogP contribution in [0.5, 0.6) is 0 Å². The molecule has 2 rings (SSSR count). The molecule has 0 bridgehead atoms. The summed E-state index contributed by atoms with van der Waals surface area (Å²) in [7, 11) is 1.89. The minimum atomic E-state index is 0.447. The van der Waals surface area contributed by atoms with Gasteiger partial charge in [0.2, 0.25) is 0 Å². The predicted octanol–water partition coefficient (Wildman–Crippen LogP) is 3.04. The summed E-state index contributed by atoms with van der Waals surface area (Å²) in [5.41, 5.74) is 8.99. The quantitative estimate of drug-likeness (QED) is 0.766. The van der Waals surface area contributed by atoms with Crippen LogP contribution in [0.15, 0.2) is 12.1 Å². The molecule has 2 aromatic rings. The summed E-state index contributed by atoms with van der Waals surface area (Å²) < 4.78 is 1.16. The SMILES string of the molecule is CNc1nc2c(C(C)C)cc(N)cc2s1. The smallest absolute Gasteiger partial charge is 0.183 e. The number of nitrogens with two attached hydrogens (primary N) is 1. The Morgan fingerprint density at radius 1 is 1.40 bits per heavy atom. The topological polar surface area (TPSA) is 50.9 Å². The normalized spacial score (nSPS) is 11.2. The molecule has 0 unspecified atom stereocenters. The van der Waals surface area contributed by atoms with Crippen molar-refractivity contribution in [2.24, 2.45) is 0 Å². The fourth-order valence-electron chi connectivity index (χ4n) is 1.62. The molecule has 3 nitrogen and oxygen atoms in total. The van der Waals surface area contributed by atoms with Gasteiger partial charge < -0.3 is 11.1 Å². The summed E-state index contributed by atoms with van der Waals surface area (Å²) in [5.74, 6) is 0.447. The maximum absolute atomic E-state index is 5.87. The lowest BCUT2D eigenvalue weighted by molar-refractivity contribution is 0.874. The highest BCUT2D eigenvalue weighted by Crippen LogP contribution is 2.33. The second kappa shape index (κ2) is 3.70. The Labute approximate surface area is 93.3 Å². The molecule has 0 spiro atoms. The van der Waals surface area contributed by atoms with Crippen molar-refractivity contribution in [2.45, 2.75) is 19.8 Å². The Hall–Kier alpha value is -1.29. The van der Waals surface area contributed by atoms with Gasteiger partial charge in [0.15, 0.2) is 5.13 Å². The van der Waals surface area contributed by atoms with Gasteiger partial charge in [-0.2, -0.15) is 0 Å². The number of nitrogen functional groups attached to an aromatic ring is 1. The first kappa shape index (κ1) is 10.2. The number of hydrogen-bond acceptors (Lipinski definition) is 4. The second-order valence-corrected chi connectivity index (χ2v) is 4.91. The minimum Gasteiger partial charge on any atom is -0.399 e. The van der Waals surface area contributed by atoms with Crippen molar-refractivity contribution in [1.29, 1.82) is 0 Å². The van der Waals surface area contributed by atoms with Crippen LogP contribution < -0.4 is 11.1 Å². The highest BCUT2D eigenvalue weighted by Gasteiger charge is 2.11. The summed E-state index contributed by atoms with van der Waals surface area (Å²) >= 11 is 1.64. The third-order valence-corrected chi connectivity index (χ3v) is 3.40. The third-order valence-electron chi connectivity index (χ3n) is 2.38. The van der Waals surface area contributed by atoms with Gasteiger partial charge in [0.05, 0.1) is 10.2 Å². The molecule has 4 heteroatoms. The lowest BCUT2D eigenvalue weighted by atomic mass is 10.0. The van der Waals surface area contributed by atoms with Crippen LogP contribution in [0, 0.1) is 0 Å². The van der Waals surface area contributed by atoms with Crippen molar-refractivity contribution in [2.75, 3.05) is 18.1 Å². The number of nitrogens with one attached hydrogen (secondary N) is 1. The zero-order valence-electron chi connectivity index (χ0n) is 9.16. The molecule has 0 atom stereocenters. The maximum Gasteiger partial charge on any atom is 0.183 e. The first-order chi connectivity index (χ1) is 7.11. The zero-order valence-corrected chi connectivity index (χ0v) is 9.98. The van der Waals surface area contributed by atoms with Gasteiger partial charge >= 0.3 is 0 Å². The number of nitrogens with zero attached hydrogens (tertiary/aromatic N) is 1. The van der Waals surface area contributed by atoms with E-state index in [1.54, 1.807) is 11.3 Å². The molecule has 80 valence electrons. The largest absolute Gasteiger partial charge is 0.399 e. The molecule has 0 radical (unpaired) electrons. The van der Waals surface area contributed by atoms with Gasteiger partial charge in [0, 0.05) is 12.7 Å². The molecular formula is C11H15N3S. The molecule has 1 aromatic carbocycles. The number of hydrogen-bond donors (Lipinski definition) is 2. The molecule has 0 saturated carbocycles. The van der Waals surface area contributed by atoms with Crippen molar-refractivity contribution in [1.82, 2.24) is 4.98 Å². The van der Waals surface area contributed by atoms with Crippen LogP contribution in [0.4, 0.5) is 10.8 Å². The van der Waals surface area contributed by atoms with Crippen LogP contribution in [0.1, 0.15) is 25.3 Å². The number of aromatic nitrogens is 1. The van der Waals surface area contributed by atoms with Gasteiger partial charge in [0.1, 0.15) is 0 Å². The highest BCUT2D eigenvalue weighted by atomic mass is 32.1. The van der Waals surface area contributed by atoms with E-state index >= 15 is 0 Å². The molecule has 0 aliphatic rings. The Morgan fingerprint density at radius 3 is 2.73 bits per heavy atom. The highest BCUT2D eigenvalue weighted by molar-refractivity contribution is 7.22. The molecule has 0 amide bonds. The Morgan fingerprint density at radius 2 is 2.13 bits per heavy atom. The molecule has 0 saturated heterocycles. The summed E-state index contributed by atoms with van der Waals surface area (Å²) in [5, 5.41) is 4.01. The van der Waals surface area contributed by atoms with Crippen LogP contribution in [-0.2, 0) is 0 Å². The average molecular weight is 221 g/mol. The number of benzene rings is 1. The standard InChI is InChI=1S/C11H15N3S/c1-6(2)8-4-7(12)5-9-10(8)14-11(13-3)15-9/h4-6H,12H2,1-3H3,(H,13,14). The molecule has 0 aliphatic heterocycles. The number of fused-ring (bicyclic) bond motifs is 1. The van der Waals surface area contributed by atoms with E-state index in [0.717, 1.165) is 21.0 Å². The van der Waals surface area contributed by atoms with E-state index in [1.165, 1.54) is 5.56 Å². The van der Waals surface area contributed by atoms with Crippen molar-refractivity contribution in [3.63, 3.8) is 0 Å². The minimum absolute atomic E-state index is 0.447. The van der Waals surface area contributed by atoms with Crippen LogP contribution in [0.25, 0.3) is 10.2 Å². The molecule has 15 heavy (non-hydrogen) atoms. The Balaban J connectivity index is 2.72. The molecular weight excluding hydrogens is 206 g/mol. The van der Waals surface area contributed by atoms with E-state index in [0.29, 0.717) is 5.92 Å². The summed E-state index contributed by atoms with van der Waals surface area (Å²) in [6.07, 6.45) is 0. The summed E-state index contributed by atoms with van der Waals surface area (Å²) in [6, 6.07) is 4.01. The maximum atomic E-state index is 5.87. The monoisotopic (exact) mass is 221 g/mol. The molecule has 1 heterocycles. The van der Waals surface area contributed by atoms with E-state index in [1.807, 2.05) is 19.2 Å². The van der Waals surface area contributed by atoms with Gasteiger partial charge in [-0.3, -0.25) is 0 Å². The molecule has 1 aromatic heterocycles. The van der Waals surface area contributed by atoms with Crippen molar-refractivity contribution in [3.05, 3.63) is 17.7 Å². The van der Waals surface area contributed by atoms with Crippen LogP contribution in [0.2, 0.25) is 0 Å². The summed E-state index contributed by atoms with van der Waals surface area (Å²) in [6.45, 7) is 4.32. The lowest BCUT2D eigenvalue weighted by Crippen LogP contribution is -1.93. The van der Waals surface area contributed by atoms with Crippen LogP contribution in [-0.4, -0.2) is 12.0 Å². The number of rotatable bonds is 2. The lowest BCUT2D eigenvalue weighted by Gasteiger charge is -2.06. The van der Waals surface area contributed by atoms with Gasteiger partial charge in [-0.15, -0.1) is 0 Å². The first-order valence-corrected chi connectivity index (χ1v) is 5.81. The van der Waals surface area contributed by atoms with Gasteiger partial charge in [0.25, 0.3) is 0 Å².